The van der Waals surface area contributed by atoms with Gasteiger partial charge in [-0.05, 0) is 24.6 Å². The Hall–Kier alpha value is -2.51. The first-order chi connectivity index (χ1) is 13.1. The second-order valence-corrected chi connectivity index (χ2v) is 7.08. The molecular weight excluding hydrogens is 344 g/mol. The zero-order valence-corrected chi connectivity index (χ0v) is 15.5. The summed E-state index contributed by atoms with van der Waals surface area (Å²) in [7, 11) is 0. The van der Waals surface area contributed by atoms with E-state index in [-0.39, 0.29) is 5.91 Å². The number of aryl methyl sites for hydroxylation is 1. The lowest BCUT2D eigenvalue weighted by Gasteiger charge is -2.37. The summed E-state index contributed by atoms with van der Waals surface area (Å²) >= 11 is 0. The number of hydrogen-bond acceptors (Lipinski definition) is 6. The van der Waals surface area contributed by atoms with Crippen molar-refractivity contribution in [2.24, 2.45) is 0 Å². The molecule has 142 valence electrons. The molecular formula is C20H24N4O3. The van der Waals surface area contributed by atoms with Crippen LogP contribution >= 0.6 is 0 Å². The van der Waals surface area contributed by atoms with Gasteiger partial charge >= 0.3 is 0 Å². The second-order valence-electron chi connectivity index (χ2n) is 7.08. The maximum atomic E-state index is 12.2. The van der Waals surface area contributed by atoms with Crippen LogP contribution in [0.3, 0.4) is 0 Å². The van der Waals surface area contributed by atoms with Crippen LogP contribution in [-0.4, -0.2) is 48.2 Å². The quantitative estimate of drug-likeness (QED) is 0.892. The van der Waals surface area contributed by atoms with E-state index in [1.807, 2.05) is 37.3 Å². The highest BCUT2D eigenvalue weighted by molar-refractivity contribution is 5.91. The van der Waals surface area contributed by atoms with Crippen molar-refractivity contribution in [1.29, 1.82) is 0 Å². The molecule has 0 unspecified atom stereocenters. The molecule has 0 bridgehead atoms. The minimum atomic E-state index is -0.395. The average Bonchev–Trinajstić information content (AvgIpc) is 3.13. The number of anilines is 2. The Kier molecular flexibility index (Phi) is 5.05. The summed E-state index contributed by atoms with van der Waals surface area (Å²) in [5, 5.41) is 11.2. The zero-order chi connectivity index (χ0) is 18.7. The highest BCUT2D eigenvalue weighted by Gasteiger charge is 2.40. The van der Waals surface area contributed by atoms with Crippen LogP contribution in [0, 0.1) is 6.92 Å². The van der Waals surface area contributed by atoms with Crippen molar-refractivity contribution in [2.45, 2.75) is 32.0 Å². The first kappa shape index (κ1) is 17.9. The SMILES string of the molecule is Cc1ccc(CC(=O)Nc2ccc(N3CCC4(CC3)OCCO4)nn2)cc1. The Morgan fingerprint density at radius 1 is 1.07 bits per heavy atom. The molecule has 2 saturated heterocycles. The van der Waals surface area contributed by atoms with Crippen LogP contribution in [0.4, 0.5) is 11.6 Å². The Balaban J connectivity index is 1.31. The lowest BCUT2D eigenvalue weighted by molar-refractivity contribution is -0.169. The third kappa shape index (κ3) is 4.26. The maximum absolute atomic E-state index is 12.2. The van der Waals surface area contributed by atoms with Crippen molar-refractivity contribution < 1.29 is 14.3 Å². The number of amides is 1. The number of piperidine rings is 1. The van der Waals surface area contributed by atoms with E-state index in [1.165, 1.54) is 5.56 Å². The molecule has 1 aromatic carbocycles. The van der Waals surface area contributed by atoms with Crippen LogP contribution in [-0.2, 0) is 20.7 Å². The molecule has 2 aliphatic rings. The fraction of sp³-hybridized carbons (Fsp3) is 0.450. The summed E-state index contributed by atoms with van der Waals surface area (Å²) < 4.78 is 11.5. The van der Waals surface area contributed by atoms with Crippen molar-refractivity contribution in [1.82, 2.24) is 10.2 Å². The minimum absolute atomic E-state index is 0.101. The Bertz CT molecular complexity index is 776. The zero-order valence-electron chi connectivity index (χ0n) is 15.5. The number of nitrogens with one attached hydrogen (secondary N) is 1. The van der Waals surface area contributed by atoms with Crippen molar-refractivity contribution in [3.05, 3.63) is 47.5 Å². The van der Waals surface area contributed by atoms with E-state index >= 15 is 0 Å². The number of rotatable bonds is 4. The number of aromatic nitrogens is 2. The van der Waals surface area contributed by atoms with Crippen LogP contribution in [0.5, 0.6) is 0 Å². The first-order valence-electron chi connectivity index (χ1n) is 9.34. The van der Waals surface area contributed by atoms with Crippen molar-refractivity contribution in [2.75, 3.05) is 36.5 Å². The number of carbonyl (C=O) groups is 1. The third-order valence-electron chi connectivity index (χ3n) is 5.07. The van der Waals surface area contributed by atoms with Gasteiger partial charge in [-0.3, -0.25) is 4.79 Å². The van der Waals surface area contributed by atoms with Gasteiger partial charge in [0.25, 0.3) is 0 Å². The van der Waals surface area contributed by atoms with E-state index in [4.69, 9.17) is 9.47 Å². The van der Waals surface area contributed by atoms with Gasteiger partial charge in [0.05, 0.1) is 19.6 Å². The summed E-state index contributed by atoms with van der Waals surface area (Å²) in [4.78, 5) is 14.3. The van der Waals surface area contributed by atoms with E-state index < -0.39 is 5.79 Å². The summed E-state index contributed by atoms with van der Waals surface area (Å²) in [5.74, 6) is 0.774. The molecule has 7 nitrogen and oxygen atoms in total. The third-order valence-corrected chi connectivity index (χ3v) is 5.07. The molecule has 0 aliphatic carbocycles. The predicted octanol–water partition coefficient (Wildman–Crippen LogP) is 2.31. The van der Waals surface area contributed by atoms with Crippen molar-refractivity contribution in [3.8, 4) is 0 Å². The lowest BCUT2D eigenvalue weighted by atomic mass is 10.0. The summed E-state index contributed by atoms with van der Waals surface area (Å²) in [5.41, 5.74) is 2.15. The Morgan fingerprint density at radius 3 is 2.41 bits per heavy atom. The van der Waals surface area contributed by atoms with E-state index in [9.17, 15) is 4.79 Å². The highest BCUT2D eigenvalue weighted by Crippen LogP contribution is 2.32. The topological polar surface area (TPSA) is 76.6 Å². The van der Waals surface area contributed by atoms with Gasteiger partial charge in [-0.15, -0.1) is 10.2 Å². The Labute approximate surface area is 158 Å². The average molecular weight is 368 g/mol. The number of carbonyl (C=O) groups excluding carboxylic acids is 1. The summed E-state index contributed by atoms with van der Waals surface area (Å²) in [6.45, 7) is 5.01. The van der Waals surface area contributed by atoms with Crippen LogP contribution in [0.15, 0.2) is 36.4 Å². The van der Waals surface area contributed by atoms with Crippen molar-refractivity contribution in [3.63, 3.8) is 0 Å². The lowest BCUT2D eigenvalue weighted by Crippen LogP contribution is -2.45. The molecule has 1 aromatic heterocycles. The van der Waals surface area contributed by atoms with Gasteiger partial charge < -0.3 is 19.7 Å². The number of nitrogens with zero attached hydrogens (tertiary/aromatic N) is 3. The fourth-order valence-electron chi connectivity index (χ4n) is 3.50. The molecule has 1 N–H and O–H groups in total. The number of benzene rings is 1. The predicted molar refractivity (Wildman–Crippen MR) is 102 cm³/mol. The molecule has 0 atom stereocenters. The number of ether oxygens (including phenoxy) is 2. The van der Waals surface area contributed by atoms with E-state index in [2.05, 4.69) is 20.4 Å². The van der Waals surface area contributed by atoms with E-state index in [1.54, 1.807) is 6.07 Å². The first-order valence-corrected chi connectivity index (χ1v) is 9.34. The normalized spacial score (nSPS) is 18.6. The standard InChI is InChI=1S/C20H24N4O3/c1-15-2-4-16(5-3-15)14-19(25)21-17-6-7-18(23-22-17)24-10-8-20(9-11-24)26-12-13-27-20/h2-7H,8-14H2,1H3,(H,21,22,25). The van der Waals surface area contributed by atoms with Gasteiger partial charge in [0.15, 0.2) is 17.4 Å². The van der Waals surface area contributed by atoms with Gasteiger partial charge in [0, 0.05) is 25.9 Å². The second kappa shape index (κ2) is 7.62. The smallest absolute Gasteiger partial charge is 0.229 e. The van der Waals surface area contributed by atoms with Gasteiger partial charge in [0.2, 0.25) is 5.91 Å². The summed E-state index contributed by atoms with van der Waals surface area (Å²) in [6, 6.07) is 11.6. The fourth-order valence-corrected chi connectivity index (χ4v) is 3.50. The highest BCUT2D eigenvalue weighted by atomic mass is 16.7. The molecule has 7 heteroatoms. The Morgan fingerprint density at radius 2 is 1.78 bits per heavy atom. The molecule has 2 fully saturated rings. The molecule has 0 radical (unpaired) electrons. The van der Waals surface area contributed by atoms with Crippen LogP contribution in [0.1, 0.15) is 24.0 Å². The van der Waals surface area contributed by atoms with Crippen LogP contribution in [0.2, 0.25) is 0 Å². The molecule has 1 spiro atoms. The molecule has 2 aliphatic heterocycles. The van der Waals surface area contributed by atoms with Gasteiger partial charge in [0.1, 0.15) is 0 Å². The molecule has 1 amide bonds. The number of hydrogen-bond donors (Lipinski definition) is 1. The molecule has 0 saturated carbocycles. The van der Waals surface area contributed by atoms with E-state index in [0.717, 1.165) is 37.3 Å². The molecule has 27 heavy (non-hydrogen) atoms. The van der Waals surface area contributed by atoms with Gasteiger partial charge in [-0.1, -0.05) is 29.8 Å². The van der Waals surface area contributed by atoms with E-state index in [0.29, 0.717) is 25.5 Å². The van der Waals surface area contributed by atoms with Gasteiger partial charge in [-0.2, -0.15) is 0 Å². The van der Waals surface area contributed by atoms with Gasteiger partial charge in [-0.25, -0.2) is 0 Å². The maximum Gasteiger partial charge on any atom is 0.229 e. The molecule has 4 rings (SSSR count). The van der Waals surface area contributed by atoms with Crippen LogP contribution < -0.4 is 10.2 Å². The minimum Gasteiger partial charge on any atom is -0.355 e. The molecule has 2 aromatic rings. The largest absolute Gasteiger partial charge is 0.355 e. The van der Waals surface area contributed by atoms with Crippen molar-refractivity contribution >= 4 is 17.5 Å². The summed E-state index contributed by atoms with van der Waals surface area (Å²) in [6.07, 6.45) is 1.96. The monoisotopic (exact) mass is 368 g/mol. The molecule has 3 heterocycles. The van der Waals surface area contributed by atoms with Crippen LogP contribution in [0.25, 0.3) is 0 Å².